The van der Waals surface area contributed by atoms with Crippen molar-refractivity contribution < 1.29 is 9.52 Å². The van der Waals surface area contributed by atoms with Gasteiger partial charge in [-0.3, -0.25) is 0 Å². The summed E-state index contributed by atoms with van der Waals surface area (Å²) in [5.41, 5.74) is 0. The Morgan fingerprint density at radius 1 is 1.67 bits per heavy atom. The van der Waals surface area contributed by atoms with E-state index in [2.05, 4.69) is 15.9 Å². The van der Waals surface area contributed by atoms with E-state index in [1.807, 2.05) is 6.07 Å². The molecule has 0 aliphatic carbocycles. The van der Waals surface area contributed by atoms with Crippen LogP contribution in [0.25, 0.3) is 0 Å². The highest BCUT2D eigenvalue weighted by Gasteiger charge is 2.18. The average molecular weight is 230 g/mol. The summed E-state index contributed by atoms with van der Waals surface area (Å²) in [5.74, 6) is -0.0426. The molecule has 0 aliphatic heterocycles. The lowest BCUT2D eigenvalue weighted by Crippen LogP contribution is -2.05. The van der Waals surface area contributed by atoms with Crippen molar-refractivity contribution in [2.24, 2.45) is 5.92 Å². The molecular weight excluding hydrogens is 222 g/mol. The quantitative estimate of drug-likeness (QED) is 0.847. The maximum absolute atomic E-state index is 9.47. The highest BCUT2D eigenvalue weighted by Crippen LogP contribution is 2.25. The van der Waals surface area contributed by atoms with Gasteiger partial charge in [0.25, 0.3) is 0 Å². The highest BCUT2D eigenvalue weighted by molar-refractivity contribution is 9.10. The van der Waals surface area contributed by atoms with Crippen molar-refractivity contribution in [1.82, 2.24) is 0 Å². The molecule has 1 aromatic heterocycles. The number of nitriles is 1. The zero-order chi connectivity index (χ0) is 9.14. The van der Waals surface area contributed by atoms with Gasteiger partial charge in [-0.1, -0.05) is 0 Å². The third kappa shape index (κ3) is 1.87. The minimum Gasteiger partial charge on any atom is -0.452 e. The topological polar surface area (TPSA) is 57.2 Å². The average Bonchev–Trinajstić information content (AvgIpc) is 2.49. The molecule has 1 rings (SSSR count). The largest absolute Gasteiger partial charge is 0.452 e. The van der Waals surface area contributed by atoms with Gasteiger partial charge >= 0.3 is 0 Å². The Hall–Kier alpha value is -0.790. The molecule has 0 aromatic carbocycles. The first kappa shape index (κ1) is 9.30. The Morgan fingerprint density at radius 3 is 2.75 bits per heavy atom. The number of rotatable bonds is 2. The van der Waals surface area contributed by atoms with Gasteiger partial charge in [-0.2, -0.15) is 5.26 Å². The van der Waals surface area contributed by atoms with Crippen LogP contribution in [0.4, 0.5) is 0 Å². The van der Waals surface area contributed by atoms with Gasteiger partial charge in [0, 0.05) is 0 Å². The van der Waals surface area contributed by atoms with Crippen LogP contribution in [0.1, 0.15) is 18.8 Å². The predicted molar refractivity (Wildman–Crippen MR) is 46.1 cm³/mol. The van der Waals surface area contributed by atoms with Gasteiger partial charge in [-0.15, -0.1) is 0 Å². The van der Waals surface area contributed by atoms with Crippen LogP contribution in [0.2, 0.25) is 0 Å². The molecule has 1 aromatic rings. The molecular formula is C8H8BrNO2. The van der Waals surface area contributed by atoms with E-state index in [-0.39, 0.29) is 0 Å². The van der Waals surface area contributed by atoms with Crippen LogP contribution in [-0.4, -0.2) is 5.11 Å². The fraction of sp³-hybridized carbons (Fsp3) is 0.375. The van der Waals surface area contributed by atoms with Gasteiger partial charge in [-0.05, 0) is 35.0 Å². The normalized spacial score (nSPS) is 15.2. The summed E-state index contributed by atoms with van der Waals surface area (Å²) in [5, 5.41) is 18.0. The minimum atomic E-state index is -0.846. The molecule has 2 unspecified atom stereocenters. The van der Waals surface area contributed by atoms with Gasteiger partial charge < -0.3 is 9.52 Å². The van der Waals surface area contributed by atoms with Crippen molar-refractivity contribution in [1.29, 1.82) is 5.26 Å². The Morgan fingerprint density at radius 2 is 2.33 bits per heavy atom. The second kappa shape index (κ2) is 3.74. The van der Waals surface area contributed by atoms with Crippen LogP contribution in [0, 0.1) is 17.2 Å². The molecule has 0 fully saturated rings. The van der Waals surface area contributed by atoms with Gasteiger partial charge in [0.2, 0.25) is 0 Å². The molecule has 64 valence electrons. The Kier molecular flexibility index (Phi) is 2.90. The maximum Gasteiger partial charge on any atom is 0.169 e. The maximum atomic E-state index is 9.47. The monoisotopic (exact) mass is 229 g/mol. The summed E-state index contributed by atoms with van der Waals surface area (Å²) in [6, 6.07) is 5.27. The molecule has 0 radical (unpaired) electrons. The fourth-order valence-corrected chi connectivity index (χ4v) is 1.12. The van der Waals surface area contributed by atoms with E-state index in [1.54, 1.807) is 19.1 Å². The molecule has 0 saturated carbocycles. The van der Waals surface area contributed by atoms with Crippen LogP contribution in [0.15, 0.2) is 21.2 Å². The van der Waals surface area contributed by atoms with E-state index in [0.29, 0.717) is 10.4 Å². The fourth-order valence-electron chi connectivity index (χ4n) is 0.804. The molecule has 0 bridgehead atoms. The third-order valence-corrected chi connectivity index (χ3v) is 1.99. The second-order valence-corrected chi connectivity index (χ2v) is 3.29. The third-order valence-electron chi connectivity index (χ3n) is 1.56. The van der Waals surface area contributed by atoms with Gasteiger partial charge in [0.05, 0.1) is 12.0 Å². The van der Waals surface area contributed by atoms with E-state index in [0.717, 1.165) is 0 Å². The van der Waals surface area contributed by atoms with Crippen molar-refractivity contribution in [2.75, 3.05) is 0 Å². The molecule has 0 amide bonds. The summed E-state index contributed by atoms with van der Waals surface area (Å²) in [6.45, 7) is 1.64. The molecule has 0 spiro atoms. The number of aliphatic hydroxyl groups is 1. The summed E-state index contributed by atoms with van der Waals surface area (Å²) >= 11 is 3.11. The van der Waals surface area contributed by atoms with Gasteiger partial charge in [0.15, 0.2) is 4.67 Å². The van der Waals surface area contributed by atoms with E-state index >= 15 is 0 Å². The first-order valence-corrected chi connectivity index (χ1v) is 4.27. The van der Waals surface area contributed by atoms with Crippen LogP contribution in [0.3, 0.4) is 0 Å². The molecule has 1 heterocycles. The smallest absolute Gasteiger partial charge is 0.169 e. The van der Waals surface area contributed by atoms with Gasteiger partial charge in [-0.25, -0.2) is 0 Å². The van der Waals surface area contributed by atoms with E-state index in [1.165, 1.54) is 0 Å². The standard InChI is InChI=1S/C8H8BrNO2/c1-5(4-10)8(11)6-2-3-7(9)12-6/h2-3,5,8,11H,1H3. The van der Waals surface area contributed by atoms with E-state index in [4.69, 9.17) is 9.68 Å². The summed E-state index contributed by atoms with van der Waals surface area (Å²) in [6.07, 6.45) is -0.846. The van der Waals surface area contributed by atoms with Crippen molar-refractivity contribution in [3.05, 3.63) is 22.6 Å². The number of hydrogen-bond donors (Lipinski definition) is 1. The minimum absolute atomic E-state index is 0.413. The predicted octanol–water partition coefficient (Wildman–Crippen LogP) is 2.24. The molecule has 12 heavy (non-hydrogen) atoms. The number of furan rings is 1. The van der Waals surface area contributed by atoms with Crippen molar-refractivity contribution in [3.8, 4) is 6.07 Å². The first-order valence-electron chi connectivity index (χ1n) is 3.48. The SMILES string of the molecule is CC(C#N)C(O)c1ccc(Br)o1. The number of halogens is 1. The van der Waals surface area contributed by atoms with Crippen LogP contribution in [-0.2, 0) is 0 Å². The lowest BCUT2D eigenvalue weighted by Gasteiger charge is -2.07. The molecule has 0 aliphatic rings. The molecule has 0 saturated heterocycles. The molecule has 1 N–H and O–H groups in total. The zero-order valence-electron chi connectivity index (χ0n) is 6.49. The van der Waals surface area contributed by atoms with Crippen LogP contribution in [0.5, 0.6) is 0 Å². The summed E-state index contributed by atoms with van der Waals surface area (Å²) < 4.78 is 5.64. The van der Waals surface area contributed by atoms with E-state index < -0.39 is 12.0 Å². The van der Waals surface area contributed by atoms with Crippen molar-refractivity contribution >= 4 is 15.9 Å². The Bertz CT molecular complexity index is 302. The van der Waals surface area contributed by atoms with Gasteiger partial charge in [0.1, 0.15) is 11.9 Å². The summed E-state index contributed by atoms with van der Waals surface area (Å²) in [7, 11) is 0. The molecule has 3 nitrogen and oxygen atoms in total. The van der Waals surface area contributed by atoms with Crippen molar-refractivity contribution in [3.63, 3.8) is 0 Å². The lowest BCUT2D eigenvalue weighted by molar-refractivity contribution is 0.116. The van der Waals surface area contributed by atoms with Crippen molar-refractivity contribution in [2.45, 2.75) is 13.0 Å². The van der Waals surface area contributed by atoms with Crippen LogP contribution >= 0.6 is 15.9 Å². The van der Waals surface area contributed by atoms with E-state index in [9.17, 15) is 5.11 Å². The molecule has 4 heteroatoms. The Labute approximate surface area is 78.7 Å². The summed E-state index contributed by atoms with van der Waals surface area (Å²) in [4.78, 5) is 0. The molecule has 2 atom stereocenters. The first-order chi connectivity index (χ1) is 5.65. The number of aliphatic hydroxyl groups excluding tert-OH is 1. The zero-order valence-corrected chi connectivity index (χ0v) is 8.08. The second-order valence-electron chi connectivity index (χ2n) is 2.50. The highest BCUT2D eigenvalue weighted by atomic mass is 79.9. The number of hydrogen-bond acceptors (Lipinski definition) is 3. The number of nitrogens with zero attached hydrogens (tertiary/aromatic N) is 1. The lowest BCUT2D eigenvalue weighted by atomic mass is 10.1. The Balaban J connectivity index is 2.79. The van der Waals surface area contributed by atoms with Crippen LogP contribution < -0.4 is 0 Å².